The van der Waals surface area contributed by atoms with Crippen LogP contribution in [0.15, 0.2) is 30.4 Å². The molecule has 0 radical (unpaired) electrons. The predicted octanol–water partition coefficient (Wildman–Crippen LogP) is 9.71. The van der Waals surface area contributed by atoms with E-state index < -0.39 is 17.8 Å². The van der Waals surface area contributed by atoms with Gasteiger partial charge in [-0.2, -0.15) is 0 Å². The van der Waals surface area contributed by atoms with Gasteiger partial charge in [-0.15, -0.1) is 0 Å². The molecule has 3 rings (SSSR count). The first-order valence-corrected chi connectivity index (χ1v) is 12.9. The summed E-state index contributed by atoms with van der Waals surface area (Å²) in [5, 5.41) is 0. The van der Waals surface area contributed by atoms with Crippen molar-refractivity contribution in [2.45, 2.75) is 102 Å². The Labute approximate surface area is 191 Å². The average Bonchev–Trinajstić information content (AvgIpc) is 2.81. The molecule has 2 fully saturated rings. The smallest absolute Gasteiger partial charge is 0.251 e. The quantitative estimate of drug-likeness (QED) is 0.178. The summed E-state index contributed by atoms with van der Waals surface area (Å²) in [6.45, 7) is -0.188. The van der Waals surface area contributed by atoms with Gasteiger partial charge in [-0.25, -0.2) is 13.2 Å². The van der Waals surface area contributed by atoms with Gasteiger partial charge in [0.2, 0.25) is 0 Å². The number of halogens is 4. The SMILES string of the molecule is FCCCCC/C=C/[C@H]1CC[C@H](CCC2CCC(c3ccc(C(F)F)c(F)c3)CC2)CC1. The van der Waals surface area contributed by atoms with Crippen LogP contribution in [0, 0.1) is 23.6 Å². The lowest BCUT2D eigenvalue weighted by atomic mass is 9.74. The molecule has 0 bridgehead atoms. The molecule has 32 heavy (non-hydrogen) atoms. The van der Waals surface area contributed by atoms with Crippen LogP contribution in [0.3, 0.4) is 0 Å². The van der Waals surface area contributed by atoms with Crippen LogP contribution in [0.2, 0.25) is 0 Å². The summed E-state index contributed by atoms with van der Waals surface area (Å²) in [5.74, 6) is 1.91. The lowest BCUT2D eigenvalue weighted by Crippen LogP contribution is -2.17. The highest BCUT2D eigenvalue weighted by Gasteiger charge is 2.26. The number of hydrogen-bond donors (Lipinski definition) is 0. The van der Waals surface area contributed by atoms with Crippen LogP contribution in [0.1, 0.15) is 113 Å². The largest absolute Gasteiger partial charge is 0.266 e. The molecule has 2 saturated carbocycles. The van der Waals surface area contributed by atoms with Gasteiger partial charge in [0.15, 0.2) is 0 Å². The van der Waals surface area contributed by atoms with E-state index in [-0.39, 0.29) is 6.67 Å². The van der Waals surface area contributed by atoms with Gasteiger partial charge in [-0.05, 0) is 106 Å². The lowest BCUT2D eigenvalue weighted by molar-refractivity contribution is 0.146. The van der Waals surface area contributed by atoms with Crippen molar-refractivity contribution in [1.29, 1.82) is 0 Å². The molecule has 0 aromatic heterocycles. The second-order valence-electron chi connectivity index (χ2n) is 10.1. The summed E-state index contributed by atoms with van der Waals surface area (Å²) in [6, 6.07) is 4.30. The molecule has 0 nitrogen and oxygen atoms in total. The van der Waals surface area contributed by atoms with E-state index in [1.165, 1.54) is 63.5 Å². The number of alkyl halides is 3. The van der Waals surface area contributed by atoms with Gasteiger partial charge in [0.1, 0.15) is 5.82 Å². The van der Waals surface area contributed by atoms with E-state index in [0.29, 0.717) is 12.3 Å². The van der Waals surface area contributed by atoms with Crippen LogP contribution >= 0.6 is 0 Å². The topological polar surface area (TPSA) is 0 Å². The molecule has 0 heterocycles. The highest BCUT2D eigenvalue weighted by molar-refractivity contribution is 5.28. The zero-order valence-electron chi connectivity index (χ0n) is 19.4. The summed E-state index contributed by atoms with van der Waals surface area (Å²) in [7, 11) is 0. The summed E-state index contributed by atoms with van der Waals surface area (Å²) < 4.78 is 51.5. The first-order chi connectivity index (χ1) is 15.6. The van der Waals surface area contributed by atoms with E-state index in [9.17, 15) is 17.6 Å². The maximum absolute atomic E-state index is 13.9. The van der Waals surface area contributed by atoms with E-state index in [0.717, 1.165) is 55.4 Å². The van der Waals surface area contributed by atoms with Gasteiger partial charge in [-0.1, -0.05) is 43.5 Å². The molecule has 0 unspecified atom stereocenters. The Balaban J connectivity index is 1.30. The lowest BCUT2D eigenvalue weighted by Gasteiger charge is -2.31. The number of unbranched alkanes of at least 4 members (excludes halogenated alkanes) is 3. The van der Waals surface area contributed by atoms with Crippen LogP contribution in [-0.4, -0.2) is 6.67 Å². The highest BCUT2D eigenvalue weighted by Crippen LogP contribution is 2.40. The minimum absolute atomic E-state index is 0.188. The molecule has 0 saturated heterocycles. The maximum atomic E-state index is 13.9. The van der Waals surface area contributed by atoms with Crippen molar-refractivity contribution in [3.8, 4) is 0 Å². The van der Waals surface area contributed by atoms with Crippen LogP contribution in [0.5, 0.6) is 0 Å². The molecular formula is C28H40F4. The van der Waals surface area contributed by atoms with Crippen LogP contribution in [-0.2, 0) is 0 Å². The Hall–Kier alpha value is -1.32. The van der Waals surface area contributed by atoms with Crippen LogP contribution < -0.4 is 0 Å². The van der Waals surface area contributed by atoms with E-state index in [1.807, 2.05) is 0 Å². The zero-order valence-corrected chi connectivity index (χ0v) is 19.4. The third kappa shape index (κ3) is 7.92. The fourth-order valence-corrected chi connectivity index (χ4v) is 5.72. The predicted molar refractivity (Wildman–Crippen MR) is 124 cm³/mol. The molecule has 1 aromatic rings. The van der Waals surface area contributed by atoms with Crippen molar-refractivity contribution in [2.75, 3.05) is 6.67 Å². The normalized spacial score (nSPS) is 26.8. The minimum Gasteiger partial charge on any atom is -0.251 e. The van der Waals surface area contributed by atoms with Crippen LogP contribution in [0.25, 0.3) is 0 Å². The van der Waals surface area contributed by atoms with Crippen molar-refractivity contribution in [3.63, 3.8) is 0 Å². The molecular weight excluding hydrogens is 412 g/mol. The molecule has 0 N–H and O–H groups in total. The first-order valence-electron chi connectivity index (χ1n) is 12.9. The Morgan fingerprint density at radius 1 is 0.844 bits per heavy atom. The Morgan fingerprint density at radius 3 is 2.09 bits per heavy atom. The third-order valence-electron chi connectivity index (χ3n) is 7.87. The van der Waals surface area contributed by atoms with Crippen molar-refractivity contribution in [3.05, 3.63) is 47.3 Å². The van der Waals surface area contributed by atoms with Gasteiger partial charge in [0, 0.05) is 0 Å². The minimum atomic E-state index is -2.75. The second-order valence-corrected chi connectivity index (χ2v) is 10.1. The average molecular weight is 453 g/mol. The van der Waals surface area contributed by atoms with E-state index in [4.69, 9.17) is 0 Å². The molecule has 180 valence electrons. The van der Waals surface area contributed by atoms with Crippen molar-refractivity contribution in [1.82, 2.24) is 0 Å². The third-order valence-corrected chi connectivity index (χ3v) is 7.87. The van der Waals surface area contributed by atoms with Gasteiger partial charge < -0.3 is 0 Å². The molecule has 0 amide bonds. The van der Waals surface area contributed by atoms with Gasteiger partial charge in [-0.3, -0.25) is 4.39 Å². The fourth-order valence-electron chi connectivity index (χ4n) is 5.72. The number of benzene rings is 1. The molecule has 0 spiro atoms. The first kappa shape index (κ1) is 25.3. The van der Waals surface area contributed by atoms with Gasteiger partial charge in [0.25, 0.3) is 6.43 Å². The molecule has 0 atom stereocenters. The zero-order chi connectivity index (χ0) is 22.8. The monoisotopic (exact) mass is 452 g/mol. The Bertz CT molecular complexity index is 683. The van der Waals surface area contributed by atoms with E-state index in [2.05, 4.69) is 12.2 Å². The van der Waals surface area contributed by atoms with Crippen molar-refractivity contribution >= 4 is 0 Å². The Kier molecular flexibility index (Phi) is 10.6. The number of rotatable bonds is 11. The van der Waals surface area contributed by atoms with Gasteiger partial charge >= 0.3 is 0 Å². The molecule has 1 aromatic carbocycles. The summed E-state index contributed by atoms with van der Waals surface area (Å²) in [5.41, 5.74) is 0.403. The maximum Gasteiger partial charge on any atom is 0.266 e. The fraction of sp³-hybridized carbons (Fsp3) is 0.714. The number of hydrogen-bond acceptors (Lipinski definition) is 0. The molecule has 2 aliphatic rings. The molecule has 2 aliphatic carbocycles. The molecule has 0 aliphatic heterocycles. The molecule has 4 heteroatoms. The second kappa shape index (κ2) is 13.4. The van der Waals surface area contributed by atoms with E-state index in [1.54, 1.807) is 6.07 Å². The standard InChI is InChI=1S/C28H40F4/c29-19-5-3-1-2-4-6-21-7-9-22(10-8-21)11-12-23-13-15-24(16-14-23)25-17-18-26(28(31)32)27(30)20-25/h4,6,17-18,20-24,28H,1-3,5,7-16,19H2/b6-4+/t21-,22-,23?,24?. The van der Waals surface area contributed by atoms with E-state index >= 15 is 0 Å². The highest BCUT2D eigenvalue weighted by atomic mass is 19.3. The summed E-state index contributed by atoms with van der Waals surface area (Å²) in [6.07, 6.45) is 18.2. The Morgan fingerprint density at radius 2 is 1.50 bits per heavy atom. The van der Waals surface area contributed by atoms with Crippen molar-refractivity contribution in [2.24, 2.45) is 17.8 Å². The van der Waals surface area contributed by atoms with Crippen molar-refractivity contribution < 1.29 is 17.6 Å². The van der Waals surface area contributed by atoms with Crippen LogP contribution in [0.4, 0.5) is 17.6 Å². The summed E-state index contributed by atoms with van der Waals surface area (Å²) >= 11 is 0. The number of allylic oxidation sites excluding steroid dienone is 2. The van der Waals surface area contributed by atoms with Gasteiger partial charge in [0.05, 0.1) is 12.2 Å². The summed E-state index contributed by atoms with van der Waals surface area (Å²) in [4.78, 5) is 0.